The van der Waals surface area contributed by atoms with Gasteiger partial charge >= 0.3 is 6.18 Å². The molecule has 0 saturated heterocycles. The number of hydrogen-bond acceptors (Lipinski definition) is 4. The van der Waals surface area contributed by atoms with Crippen molar-refractivity contribution in [3.05, 3.63) is 71.3 Å². The summed E-state index contributed by atoms with van der Waals surface area (Å²) in [5.74, 6) is 0.756. The van der Waals surface area contributed by atoms with Gasteiger partial charge in [0.25, 0.3) is 0 Å². The SMILES string of the molecule is O=C(/C=C/c1cccc(C(F)(F)F)c1)c1ccc(NC2=NCCCS2)cc1. The van der Waals surface area contributed by atoms with Crippen LogP contribution in [0.5, 0.6) is 0 Å². The Balaban J connectivity index is 1.65. The Labute approximate surface area is 159 Å². The fraction of sp³-hybridized carbons (Fsp3) is 0.200. The number of rotatable bonds is 4. The number of nitrogens with one attached hydrogen (secondary N) is 1. The molecule has 2 aromatic carbocycles. The molecule has 3 rings (SSSR count). The number of carbonyl (C=O) groups excluding carboxylic acids is 1. The Morgan fingerprint density at radius 1 is 1.15 bits per heavy atom. The van der Waals surface area contributed by atoms with Crippen LogP contribution in [0.3, 0.4) is 0 Å². The third-order valence-electron chi connectivity index (χ3n) is 3.86. The molecule has 0 unspecified atom stereocenters. The van der Waals surface area contributed by atoms with E-state index in [9.17, 15) is 18.0 Å². The van der Waals surface area contributed by atoms with E-state index >= 15 is 0 Å². The van der Waals surface area contributed by atoms with Gasteiger partial charge in [-0.2, -0.15) is 13.2 Å². The predicted molar refractivity (Wildman–Crippen MR) is 104 cm³/mol. The van der Waals surface area contributed by atoms with Crippen molar-refractivity contribution in [1.82, 2.24) is 0 Å². The molecule has 1 aliphatic heterocycles. The van der Waals surface area contributed by atoms with Crippen molar-refractivity contribution < 1.29 is 18.0 Å². The normalized spacial score (nSPS) is 14.9. The lowest BCUT2D eigenvalue weighted by molar-refractivity contribution is -0.137. The molecule has 0 spiro atoms. The molecule has 1 heterocycles. The lowest BCUT2D eigenvalue weighted by Crippen LogP contribution is -2.13. The van der Waals surface area contributed by atoms with Gasteiger partial charge in [0.15, 0.2) is 11.0 Å². The van der Waals surface area contributed by atoms with Crippen LogP contribution < -0.4 is 5.32 Å². The maximum atomic E-state index is 12.7. The van der Waals surface area contributed by atoms with E-state index in [1.54, 1.807) is 36.0 Å². The summed E-state index contributed by atoms with van der Waals surface area (Å²) >= 11 is 1.66. The number of nitrogens with zero attached hydrogens (tertiary/aromatic N) is 1. The topological polar surface area (TPSA) is 41.5 Å². The van der Waals surface area contributed by atoms with E-state index in [2.05, 4.69) is 10.3 Å². The number of halogens is 3. The highest BCUT2D eigenvalue weighted by Gasteiger charge is 2.30. The van der Waals surface area contributed by atoms with E-state index in [1.807, 2.05) is 0 Å². The third kappa shape index (κ3) is 5.47. The molecule has 3 nitrogen and oxygen atoms in total. The van der Waals surface area contributed by atoms with E-state index in [0.29, 0.717) is 11.1 Å². The zero-order valence-corrected chi connectivity index (χ0v) is 15.1. The second-order valence-electron chi connectivity index (χ2n) is 5.91. The Hall–Kier alpha value is -2.54. The van der Waals surface area contributed by atoms with Gasteiger partial charge in [-0.15, -0.1) is 0 Å². The highest BCUT2D eigenvalue weighted by Crippen LogP contribution is 2.29. The first-order valence-corrected chi connectivity index (χ1v) is 9.34. The van der Waals surface area contributed by atoms with Gasteiger partial charge in [-0.25, -0.2) is 0 Å². The molecule has 2 aromatic rings. The molecular formula is C20H17F3N2OS. The van der Waals surface area contributed by atoms with Crippen molar-refractivity contribution >= 4 is 34.5 Å². The first kappa shape index (κ1) is 19.2. The third-order valence-corrected chi connectivity index (χ3v) is 4.86. The molecule has 0 amide bonds. The number of benzene rings is 2. The molecule has 1 aliphatic rings. The minimum Gasteiger partial charge on any atom is -0.335 e. The van der Waals surface area contributed by atoms with Crippen molar-refractivity contribution in [3.8, 4) is 0 Å². The van der Waals surface area contributed by atoms with Crippen LogP contribution in [0.2, 0.25) is 0 Å². The van der Waals surface area contributed by atoms with Crippen LogP contribution >= 0.6 is 11.8 Å². The van der Waals surface area contributed by atoms with Crippen molar-refractivity contribution in [3.63, 3.8) is 0 Å². The number of thioether (sulfide) groups is 1. The maximum absolute atomic E-state index is 12.7. The second-order valence-corrected chi connectivity index (χ2v) is 7.00. The fourth-order valence-corrected chi connectivity index (χ4v) is 3.30. The van der Waals surface area contributed by atoms with Gasteiger partial charge in [0.2, 0.25) is 0 Å². The van der Waals surface area contributed by atoms with Crippen molar-refractivity contribution in [1.29, 1.82) is 0 Å². The molecular weight excluding hydrogens is 373 g/mol. The summed E-state index contributed by atoms with van der Waals surface area (Å²) in [5, 5.41) is 4.07. The van der Waals surface area contributed by atoms with Gasteiger partial charge in [-0.1, -0.05) is 30.0 Å². The van der Waals surface area contributed by atoms with Crippen molar-refractivity contribution in [2.24, 2.45) is 4.99 Å². The van der Waals surface area contributed by atoms with Gasteiger partial charge in [-0.3, -0.25) is 9.79 Å². The van der Waals surface area contributed by atoms with Gasteiger partial charge in [0.1, 0.15) is 0 Å². The van der Waals surface area contributed by atoms with E-state index < -0.39 is 11.7 Å². The van der Waals surface area contributed by atoms with Crippen molar-refractivity contribution in [2.75, 3.05) is 17.6 Å². The minimum atomic E-state index is -4.41. The molecule has 140 valence electrons. The van der Waals surface area contributed by atoms with Crippen molar-refractivity contribution in [2.45, 2.75) is 12.6 Å². The summed E-state index contributed by atoms with van der Waals surface area (Å²) in [5.41, 5.74) is 0.878. The molecule has 0 radical (unpaired) electrons. The molecule has 27 heavy (non-hydrogen) atoms. The number of alkyl halides is 3. The average molecular weight is 390 g/mol. The Morgan fingerprint density at radius 3 is 2.59 bits per heavy atom. The van der Waals surface area contributed by atoms with Crippen LogP contribution in [0, 0.1) is 0 Å². The van der Waals surface area contributed by atoms with Gasteiger partial charge in [-0.05, 0) is 54.5 Å². The highest BCUT2D eigenvalue weighted by molar-refractivity contribution is 8.14. The molecule has 0 aliphatic carbocycles. The lowest BCUT2D eigenvalue weighted by atomic mass is 10.1. The largest absolute Gasteiger partial charge is 0.416 e. The number of aliphatic imine (C=N–C) groups is 1. The van der Waals surface area contributed by atoms with Crippen LogP contribution in [-0.2, 0) is 6.18 Å². The molecule has 0 atom stereocenters. The molecule has 0 saturated carbocycles. The number of allylic oxidation sites excluding steroid dienone is 1. The van der Waals surface area contributed by atoms with E-state index in [-0.39, 0.29) is 5.78 Å². The zero-order chi connectivity index (χ0) is 19.3. The van der Waals surface area contributed by atoms with Crippen LogP contribution in [0.25, 0.3) is 6.08 Å². The standard InChI is InChI=1S/C20H17F3N2OS/c21-20(22,23)16-4-1-3-14(13-16)5-10-18(26)15-6-8-17(9-7-15)25-19-24-11-2-12-27-19/h1,3-10,13H,2,11-12H2,(H,24,25)/b10-5+. The summed E-state index contributed by atoms with van der Waals surface area (Å²) < 4.78 is 38.2. The Morgan fingerprint density at radius 2 is 1.93 bits per heavy atom. The zero-order valence-electron chi connectivity index (χ0n) is 14.3. The monoisotopic (exact) mass is 390 g/mol. The predicted octanol–water partition coefficient (Wildman–Crippen LogP) is 5.51. The van der Waals surface area contributed by atoms with Gasteiger partial charge in [0.05, 0.1) is 5.56 Å². The summed E-state index contributed by atoms with van der Waals surface area (Å²) in [4.78, 5) is 16.6. The van der Waals surface area contributed by atoms with Crippen LogP contribution in [-0.4, -0.2) is 23.2 Å². The lowest BCUT2D eigenvalue weighted by Gasteiger charge is -2.13. The summed E-state index contributed by atoms with van der Waals surface area (Å²) in [7, 11) is 0. The van der Waals surface area contributed by atoms with E-state index in [4.69, 9.17) is 0 Å². The van der Waals surface area contributed by atoms with E-state index in [0.717, 1.165) is 41.7 Å². The molecule has 0 bridgehead atoms. The van der Waals surface area contributed by atoms with Gasteiger partial charge in [0, 0.05) is 23.5 Å². The minimum absolute atomic E-state index is 0.275. The first-order chi connectivity index (χ1) is 12.9. The number of amidine groups is 1. The fourth-order valence-electron chi connectivity index (χ4n) is 2.46. The summed E-state index contributed by atoms with van der Waals surface area (Å²) in [6, 6.07) is 11.8. The summed E-state index contributed by atoms with van der Waals surface area (Å²) in [6.07, 6.45) is -0.671. The number of ketones is 1. The van der Waals surface area contributed by atoms with Crippen LogP contribution in [0.4, 0.5) is 18.9 Å². The van der Waals surface area contributed by atoms with Crippen LogP contribution in [0.15, 0.2) is 59.6 Å². The maximum Gasteiger partial charge on any atom is 0.416 e. The van der Waals surface area contributed by atoms with E-state index in [1.165, 1.54) is 24.3 Å². The second kappa shape index (κ2) is 8.43. The molecule has 7 heteroatoms. The van der Waals surface area contributed by atoms with Crippen LogP contribution in [0.1, 0.15) is 27.9 Å². The molecule has 1 N–H and O–H groups in total. The van der Waals surface area contributed by atoms with Gasteiger partial charge < -0.3 is 5.32 Å². The average Bonchev–Trinajstić information content (AvgIpc) is 2.67. The number of hydrogen-bond donors (Lipinski definition) is 1. The quantitative estimate of drug-likeness (QED) is 0.553. The summed E-state index contributed by atoms with van der Waals surface area (Å²) in [6.45, 7) is 0.812. The molecule has 0 aromatic heterocycles. The Bertz CT molecular complexity index is 874. The number of carbonyl (C=O) groups is 1. The number of anilines is 1. The highest BCUT2D eigenvalue weighted by atomic mass is 32.2. The molecule has 0 fully saturated rings. The Kier molecular flexibility index (Phi) is 6.01. The first-order valence-electron chi connectivity index (χ1n) is 8.36. The smallest absolute Gasteiger partial charge is 0.335 e.